The van der Waals surface area contributed by atoms with Crippen molar-refractivity contribution in [1.82, 2.24) is 14.7 Å². The largest absolute Gasteiger partial charge is 0.379 e. The van der Waals surface area contributed by atoms with Gasteiger partial charge in [-0.2, -0.15) is 5.10 Å². The minimum absolute atomic E-state index is 0.444. The molecular formula is C16H21N3O. The van der Waals surface area contributed by atoms with Crippen molar-refractivity contribution in [3.63, 3.8) is 0 Å². The van der Waals surface area contributed by atoms with Crippen LogP contribution >= 0.6 is 0 Å². The van der Waals surface area contributed by atoms with E-state index >= 15 is 0 Å². The van der Waals surface area contributed by atoms with Crippen LogP contribution in [-0.4, -0.2) is 41.0 Å². The number of nitrogens with zero attached hydrogens (tertiary/aromatic N) is 3. The minimum Gasteiger partial charge on any atom is -0.379 e. The number of benzene rings is 1. The molecule has 0 saturated carbocycles. The lowest BCUT2D eigenvalue weighted by Crippen LogP contribution is -2.37. The van der Waals surface area contributed by atoms with Gasteiger partial charge in [-0.1, -0.05) is 24.3 Å². The average molecular weight is 271 g/mol. The summed E-state index contributed by atoms with van der Waals surface area (Å²) in [6, 6.07) is 11.3. The third-order valence-electron chi connectivity index (χ3n) is 4.10. The van der Waals surface area contributed by atoms with Crippen LogP contribution in [0.15, 0.2) is 36.5 Å². The molecule has 1 aliphatic heterocycles. The van der Waals surface area contributed by atoms with Gasteiger partial charge in [0.1, 0.15) is 0 Å². The summed E-state index contributed by atoms with van der Waals surface area (Å²) in [6.07, 6.45) is 1.83. The fourth-order valence-corrected chi connectivity index (χ4v) is 2.77. The van der Waals surface area contributed by atoms with E-state index in [1.165, 1.54) is 11.1 Å². The molecule has 4 heteroatoms. The molecule has 20 heavy (non-hydrogen) atoms. The molecule has 3 rings (SSSR count). The first-order valence-corrected chi connectivity index (χ1v) is 7.16. The number of aryl methyl sites for hydroxylation is 1. The molecule has 1 fully saturated rings. The summed E-state index contributed by atoms with van der Waals surface area (Å²) in [5.74, 6) is 0. The quantitative estimate of drug-likeness (QED) is 0.859. The normalized spacial score (nSPS) is 18.1. The third-order valence-corrected chi connectivity index (χ3v) is 4.10. The van der Waals surface area contributed by atoms with Crippen LogP contribution in [0.3, 0.4) is 0 Å². The molecule has 2 aromatic rings. The molecule has 0 bridgehead atoms. The van der Waals surface area contributed by atoms with Gasteiger partial charge < -0.3 is 4.74 Å². The van der Waals surface area contributed by atoms with Gasteiger partial charge in [-0.15, -0.1) is 0 Å². The maximum absolute atomic E-state index is 5.42. The lowest BCUT2D eigenvalue weighted by Gasteiger charge is -2.32. The molecule has 2 heterocycles. The van der Waals surface area contributed by atoms with Crippen LogP contribution in [0.4, 0.5) is 0 Å². The van der Waals surface area contributed by atoms with Gasteiger partial charge in [0.25, 0.3) is 0 Å². The molecule has 0 spiro atoms. The first kappa shape index (κ1) is 13.3. The Balaban J connectivity index is 1.77. The Morgan fingerprint density at radius 3 is 2.40 bits per heavy atom. The van der Waals surface area contributed by atoms with E-state index in [2.05, 4.69) is 41.2 Å². The standard InChI is InChI=1S/C16H21N3O/c1-13(19-9-11-20-12-10-19)14-3-5-15(6-4-14)16-7-8-17-18(16)2/h3-8,13H,9-12H2,1-2H3. The number of hydrogen-bond acceptors (Lipinski definition) is 3. The summed E-state index contributed by atoms with van der Waals surface area (Å²) in [5.41, 5.74) is 3.72. The summed E-state index contributed by atoms with van der Waals surface area (Å²) in [5, 5.41) is 4.22. The molecule has 1 aromatic carbocycles. The van der Waals surface area contributed by atoms with E-state index in [1.807, 2.05) is 24.0 Å². The van der Waals surface area contributed by atoms with Crippen molar-refractivity contribution in [2.45, 2.75) is 13.0 Å². The Morgan fingerprint density at radius 1 is 1.10 bits per heavy atom. The highest BCUT2D eigenvalue weighted by atomic mass is 16.5. The lowest BCUT2D eigenvalue weighted by molar-refractivity contribution is 0.0198. The zero-order chi connectivity index (χ0) is 13.9. The zero-order valence-electron chi connectivity index (χ0n) is 12.1. The average Bonchev–Trinajstić information content (AvgIpc) is 2.94. The maximum Gasteiger partial charge on any atom is 0.0678 e. The minimum atomic E-state index is 0.444. The Hall–Kier alpha value is -1.65. The monoisotopic (exact) mass is 271 g/mol. The fraction of sp³-hybridized carbons (Fsp3) is 0.438. The second kappa shape index (κ2) is 5.77. The highest BCUT2D eigenvalue weighted by Crippen LogP contribution is 2.24. The topological polar surface area (TPSA) is 30.3 Å². The molecule has 1 unspecified atom stereocenters. The highest BCUT2D eigenvalue weighted by molar-refractivity contribution is 5.59. The Morgan fingerprint density at radius 2 is 1.80 bits per heavy atom. The Kier molecular flexibility index (Phi) is 3.85. The van der Waals surface area contributed by atoms with Gasteiger partial charge >= 0.3 is 0 Å². The van der Waals surface area contributed by atoms with Gasteiger partial charge in [0.2, 0.25) is 0 Å². The van der Waals surface area contributed by atoms with E-state index in [0.29, 0.717) is 6.04 Å². The van der Waals surface area contributed by atoms with Gasteiger partial charge in [-0.25, -0.2) is 0 Å². The van der Waals surface area contributed by atoms with Gasteiger partial charge in [-0.3, -0.25) is 9.58 Å². The van der Waals surface area contributed by atoms with E-state index in [0.717, 1.165) is 32.0 Å². The smallest absolute Gasteiger partial charge is 0.0678 e. The Labute approximate surface area is 120 Å². The summed E-state index contributed by atoms with van der Waals surface area (Å²) in [4.78, 5) is 2.47. The summed E-state index contributed by atoms with van der Waals surface area (Å²) >= 11 is 0. The van der Waals surface area contributed by atoms with E-state index in [4.69, 9.17) is 4.74 Å². The lowest BCUT2D eigenvalue weighted by atomic mass is 10.0. The van der Waals surface area contributed by atoms with Crippen LogP contribution in [0.5, 0.6) is 0 Å². The van der Waals surface area contributed by atoms with Crippen LogP contribution in [-0.2, 0) is 11.8 Å². The third kappa shape index (κ3) is 2.62. The SMILES string of the molecule is CC(c1ccc(-c2ccnn2C)cc1)N1CCOCC1. The van der Waals surface area contributed by atoms with Gasteiger partial charge in [0.15, 0.2) is 0 Å². The second-order valence-corrected chi connectivity index (χ2v) is 5.29. The molecule has 1 aliphatic rings. The molecule has 0 radical (unpaired) electrons. The number of aromatic nitrogens is 2. The van der Waals surface area contributed by atoms with Crippen molar-refractivity contribution in [3.8, 4) is 11.3 Å². The van der Waals surface area contributed by atoms with Crippen LogP contribution in [0.25, 0.3) is 11.3 Å². The number of hydrogen-bond donors (Lipinski definition) is 0. The molecule has 106 valence electrons. The van der Waals surface area contributed by atoms with Crippen molar-refractivity contribution in [2.75, 3.05) is 26.3 Å². The number of morpholine rings is 1. The Bertz CT molecular complexity index is 555. The van der Waals surface area contributed by atoms with Crippen LogP contribution in [0, 0.1) is 0 Å². The highest BCUT2D eigenvalue weighted by Gasteiger charge is 2.18. The van der Waals surface area contributed by atoms with Crippen molar-refractivity contribution < 1.29 is 4.74 Å². The summed E-state index contributed by atoms with van der Waals surface area (Å²) in [6.45, 7) is 5.99. The maximum atomic E-state index is 5.42. The van der Waals surface area contributed by atoms with E-state index in [9.17, 15) is 0 Å². The molecule has 0 aliphatic carbocycles. The molecule has 1 aromatic heterocycles. The second-order valence-electron chi connectivity index (χ2n) is 5.29. The van der Waals surface area contributed by atoms with E-state index in [-0.39, 0.29) is 0 Å². The molecular weight excluding hydrogens is 250 g/mol. The van der Waals surface area contributed by atoms with Crippen molar-refractivity contribution >= 4 is 0 Å². The summed E-state index contributed by atoms with van der Waals surface area (Å²) in [7, 11) is 1.97. The zero-order valence-corrected chi connectivity index (χ0v) is 12.1. The van der Waals surface area contributed by atoms with Gasteiger partial charge in [-0.05, 0) is 24.1 Å². The predicted molar refractivity (Wildman–Crippen MR) is 79.5 cm³/mol. The van der Waals surface area contributed by atoms with Crippen LogP contribution in [0.1, 0.15) is 18.5 Å². The first-order valence-electron chi connectivity index (χ1n) is 7.16. The number of ether oxygens (including phenoxy) is 1. The van der Waals surface area contributed by atoms with E-state index < -0.39 is 0 Å². The van der Waals surface area contributed by atoms with Crippen LogP contribution < -0.4 is 0 Å². The fourth-order valence-electron chi connectivity index (χ4n) is 2.77. The van der Waals surface area contributed by atoms with Crippen LogP contribution in [0.2, 0.25) is 0 Å². The van der Waals surface area contributed by atoms with Crippen molar-refractivity contribution in [3.05, 3.63) is 42.1 Å². The molecule has 0 amide bonds. The van der Waals surface area contributed by atoms with E-state index in [1.54, 1.807) is 0 Å². The molecule has 4 nitrogen and oxygen atoms in total. The molecule has 1 saturated heterocycles. The van der Waals surface area contributed by atoms with Gasteiger partial charge in [0.05, 0.1) is 18.9 Å². The van der Waals surface area contributed by atoms with Gasteiger partial charge in [0, 0.05) is 32.4 Å². The van der Waals surface area contributed by atoms with Crippen molar-refractivity contribution in [1.29, 1.82) is 0 Å². The summed E-state index contributed by atoms with van der Waals surface area (Å²) < 4.78 is 7.32. The van der Waals surface area contributed by atoms with Crippen molar-refractivity contribution in [2.24, 2.45) is 7.05 Å². The number of rotatable bonds is 3. The molecule has 1 atom stereocenters. The predicted octanol–water partition coefficient (Wildman–Crippen LogP) is 2.48. The first-order chi connectivity index (χ1) is 9.75. The molecule has 0 N–H and O–H groups in total.